The van der Waals surface area contributed by atoms with E-state index in [1.807, 2.05) is 6.07 Å². The molecule has 0 spiro atoms. The first kappa shape index (κ1) is 33.7. The highest BCUT2D eigenvalue weighted by Crippen LogP contribution is 2.51. The molecular formula is C32H38B2INO9. The number of nitrogens with zero attached hydrogens (tertiary/aromatic N) is 1. The zero-order chi connectivity index (χ0) is 32.4. The molecule has 5 rings (SSSR count). The third-order valence-electron chi connectivity index (χ3n) is 8.99. The Morgan fingerprint density at radius 3 is 2.62 bits per heavy atom. The van der Waals surface area contributed by atoms with Gasteiger partial charge in [0.2, 0.25) is 11.8 Å². The molecule has 3 aliphatic rings. The number of amides is 2. The van der Waals surface area contributed by atoms with E-state index in [2.05, 4.69) is 35.6 Å². The summed E-state index contributed by atoms with van der Waals surface area (Å²) < 4.78 is 17.7. The lowest BCUT2D eigenvalue weighted by Crippen LogP contribution is -2.46. The highest BCUT2D eigenvalue weighted by atomic mass is 127. The normalized spacial score (nSPS) is 23.4. The second-order valence-corrected chi connectivity index (χ2v) is 13.0. The number of halogens is 1. The van der Waals surface area contributed by atoms with Crippen molar-refractivity contribution >= 4 is 65.9 Å². The minimum atomic E-state index is -1.74. The monoisotopic (exact) mass is 729 g/mol. The van der Waals surface area contributed by atoms with Gasteiger partial charge in [0.25, 0.3) is 0 Å². The molecule has 0 aromatic heterocycles. The highest BCUT2D eigenvalue weighted by Gasteiger charge is 2.57. The lowest BCUT2D eigenvalue weighted by atomic mass is 9.58. The van der Waals surface area contributed by atoms with Gasteiger partial charge in [0, 0.05) is 7.11 Å². The molecule has 4 atom stereocenters. The highest BCUT2D eigenvalue weighted by molar-refractivity contribution is 14.1. The summed E-state index contributed by atoms with van der Waals surface area (Å²) in [6, 6.07) is 9.85. The molecule has 2 amide bonds. The van der Waals surface area contributed by atoms with E-state index in [-0.39, 0.29) is 36.0 Å². The van der Waals surface area contributed by atoms with Crippen molar-refractivity contribution in [3.05, 3.63) is 62.3 Å². The van der Waals surface area contributed by atoms with Crippen LogP contribution in [0.2, 0.25) is 6.32 Å². The number of fused-ring (bicyclic) bond motifs is 3. The Balaban J connectivity index is 1.45. The molecule has 10 nitrogen and oxygen atoms in total. The fourth-order valence-electron chi connectivity index (χ4n) is 7.13. The molecule has 2 aliphatic heterocycles. The molecule has 13 heteroatoms. The molecule has 0 bridgehead atoms. The molecule has 4 N–H and O–H groups in total. The molecule has 238 valence electrons. The van der Waals surface area contributed by atoms with Crippen LogP contribution in [0, 0.1) is 21.3 Å². The van der Waals surface area contributed by atoms with E-state index >= 15 is 0 Å². The van der Waals surface area contributed by atoms with Crippen LogP contribution in [0.3, 0.4) is 0 Å². The van der Waals surface area contributed by atoms with Crippen LogP contribution in [-0.2, 0) is 19.0 Å². The lowest BCUT2D eigenvalue weighted by molar-refractivity contribution is -0.122. The summed E-state index contributed by atoms with van der Waals surface area (Å²) in [5, 5.41) is 40.5. The zero-order valence-corrected chi connectivity index (χ0v) is 27.8. The van der Waals surface area contributed by atoms with Crippen LogP contribution in [0.5, 0.6) is 11.5 Å². The van der Waals surface area contributed by atoms with Crippen LogP contribution >= 0.6 is 22.6 Å². The number of allylic oxidation sites excluding steroid dienone is 1. The van der Waals surface area contributed by atoms with Gasteiger partial charge in [0.1, 0.15) is 0 Å². The van der Waals surface area contributed by atoms with Gasteiger partial charge < -0.3 is 34.3 Å². The molecule has 0 radical (unpaired) electrons. The first-order valence-electron chi connectivity index (χ1n) is 15.2. The minimum absolute atomic E-state index is 0.105. The van der Waals surface area contributed by atoms with Crippen molar-refractivity contribution in [2.45, 2.75) is 51.5 Å². The van der Waals surface area contributed by atoms with E-state index in [4.69, 9.17) is 14.1 Å². The SMILES string of the molecule is CCC/C(=C\c1cc(I)c(O)c(OC)c1)CC[C@H]1OB(O)C[C@H]2C1=C(COC)C[C@H]1C(=O)N(c3cccc(B(O)O)c3)C(=O)[C@H]12. The van der Waals surface area contributed by atoms with Gasteiger partial charge in [-0.15, -0.1) is 0 Å². The Morgan fingerprint density at radius 1 is 1.16 bits per heavy atom. The summed E-state index contributed by atoms with van der Waals surface area (Å²) in [7, 11) is 0.278. The Morgan fingerprint density at radius 2 is 1.93 bits per heavy atom. The Labute approximate surface area is 277 Å². The third kappa shape index (κ3) is 6.89. The summed E-state index contributed by atoms with van der Waals surface area (Å²) in [6.07, 6.45) is 5.16. The molecule has 45 heavy (non-hydrogen) atoms. The van der Waals surface area contributed by atoms with Crippen LogP contribution < -0.4 is 15.1 Å². The number of carbonyl (C=O) groups is 2. The van der Waals surface area contributed by atoms with E-state index in [9.17, 15) is 29.8 Å². The Kier molecular flexibility index (Phi) is 10.8. The summed E-state index contributed by atoms with van der Waals surface area (Å²) in [5.41, 5.74) is 4.41. The number of phenolic OH excluding ortho intramolecular Hbond substituents is 1. The first-order valence-corrected chi connectivity index (χ1v) is 16.3. The number of ether oxygens (including phenoxy) is 2. The van der Waals surface area contributed by atoms with Crippen molar-refractivity contribution in [2.24, 2.45) is 17.8 Å². The Hall–Kier alpha value is -2.68. The molecule has 0 saturated carbocycles. The molecule has 2 aromatic rings. The first-order chi connectivity index (χ1) is 21.6. The van der Waals surface area contributed by atoms with Crippen LogP contribution in [0.25, 0.3) is 6.08 Å². The smallest absolute Gasteiger partial charge is 0.488 e. The number of phenols is 1. The van der Waals surface area contributed by atoms with Gasteiger partial charge >= 0.3 is 14.2 Å². The second-order valence-electron chi connectivity index (χ2n) is 11.9. The summed E-state index contributed by atoms with van der Waals surface area (Å²) in [6.45, 7) is 2.39. The summed E-state index contributed by atoms with van der Waals surface area (Å²) in [4.78, 5) is 28.9. The van der Waals surface area contributed by atoms with Gasteiger partial charge in [-0.3, -0.25) is 14.5 Å². The van der Waals surface area contributed by atoms with Crippen molar-refractivity contribution in [3.8, 4) is 11.5 Å². The summed E-state index contributed by atoms with van der Waals surface area (Å²) >= 11 is 2.08. The van der Waals surface area contributed by atoms with Crippen LogP contribution in [0.4, 0.5) is 5.69 Å². The van der Waals surface area contributed by atoms with Gasteiger partial charge in [-0.1, -0.05) is 37.1 Å². The maximum Gasteiger partial charge on any atom is 0.488 e. The molecule has 1 aliphatic carbocycles. The lowest BCUT2D eigenvalue weighted by Gasteiger charge is -2.43. The average molecular weight is 729 g/mol. The zero-order valence-electron chi connectivity index (χ0n) is 25.6. The van der Waals surface area contributed by atoms with Crippen molar-refractivity contribution in [1.82, 2.24) is 0 Å². The average Bonchev–Trinajstić information content (AvgIpc) is 3.26. The van der Waals surface area contributed by atoms with Gasteiger partial charge in [-0.25, -0.2) is 0 Å². The fraction of sp³-hybridized carbons (Fsp3) is 0.438. The molecule has 2 saturated heterocycles. The number of benzene rings is 2. The second kappa shape index (κ2) is 14.4. The standard InChI is InChI=1S/C32H38B2INO9/c1-4-6-18(11-19-12-25(35)30(37)27(13-19)44-3)9-10-26-28-20(17-43-2)14-23-29(24(28)16-33(40)45-26)32(39)36(31(23)38)22-8-5-7-21(15-22)34(41)42/h5,7-8,11-13,15,23-24,26,29,37,40-42H,4,6,9-10,14,16-17H2,1-3H3/b18-11+/t23-,24+,26-,29-/m1/s1. The van der Waals surface area contributed by atoms with E-state index in [0.29, 0.717) is 34.3 Å². The van der Waals surface area contributed by atoms with Crippen molar-refractivity contribution in [1.29, 1.82) is 0 Å². The Bertz CT molecular complexity index is 1510. The number of aromatic hydroxyl groups is 1. The maximum atomic E-state index is 14.0. The van der Waals surface area contributed by atoms with Crippen LogP contribution in [0.15, 0.2) is 53.1 Å². The number of anilines is 1. The minimum Gasteiger partial charge on any atom is -0.504 e. The van der Waals surface area contributed by atoms with Crippen LogP contribution in [0.1, 0.15) is 44.6 Å². The topological polar surface area (TPSA) is 146 Å². The quantitative estimate of drug-likeness (QED) is 0.119. The van der Waals surface area contributed by atoms with Gasteiger partial charge in [0.15, 0.2) is 11.5 Å². The number of carbonyl (C=O) groups excluding carboxylic acids is 2. The summed E-state index contributed by atoms with van der Waals surface area (Å²) in [5.74, 6) is -1.89. The van der Waals surface area contributed by atoms with E-state index in [0.717, 1.165) is 34.5 Å². The number of imide groups is 1. The van der Waals surface area contributed by atoms with Crippen molar-refractivity contribution in [2.75, 3.05) is 25.7 Å². The van der Waals surface area contributed by atoms with Crippen LogP contribution in [-0.4, -0.2) is 73.2 Å². The van der Waals surface area contributed by atoms with Gasteiger partial charge in [-0.05, 0) is 107 Å². The predicted molar refractivity (Wildman–Crippen MR) is 180 cm³/mol. The van der Waals surface area contributed by atoms with Gasteiger partial charge in [-0.2, -0.15) is 0 Å². The molecule has 0 unspecified atom stereocenters. The number of hydrogen-bond acceptors (Lipinski definition) is 9. The number of rotatable bonds is 11. The molecule has 2 fully saturated rings. The van der Waals surface area contributed by atoms with E-state index in [1.165, 1.54) is 24.8 Å². The predicted octanol–water partition coefficient (Wildman–Crippen LogP) is 3.30. The van der Waals surface area contributed by atoms with Gasteiger partial charge in [0.05, 0.1) is 40.9 Å². The molecular weight excluding hydrogens is 691 g/mol. The molecule has 2 aromatic carbocycles. The van der Waals surface area contributed by atoms with E-state index < -0.39 is 38.1 Å². The van der Waals surface area contributed by atoms with Crippen molar-refractivity contribution in [3.63, 3.8) is 0 Å². The maximum absolute atomic E-state index is 14.0. The van der Waals surface area contributed by atoms with E-state index in [1.54, 1.807) is 25.3 Å². The number of methoxy groups -OCH3 is 2. The largest absolute Gasteiger partial charge is 0.504 e. The molecule has 2 heterocycles. The number of hydrogen-bond donors (Lipinski definition) is 4. The fourth-order valence-corrected chi connectivity index (χ4v) is 7.75. The van der Waals surface area contributed by atoms with Crippen molar-refractivity contribution < 1.29 is 43.9 Å². The third-order valence-corrected chi connectivity index (χ3v) is 9.82.